The predicted molar refractivity (Wildman–Crippen MR) is 137 cm³/mol. The molecule has 0 radical (unpaired) electrons. The maximum absolute atomic E-state index is 13.5. The van der Waals surface area contributed by atoms with Gasteiger partial charge in [0, 0.05) is 49.9 Å². The second-order valence-electron chi connectivity index (χ2n) is 9.01. The van der Waals surface area contributed by atoms with Gasteiger partial charge in [-0.05, 0) is 37.5 Å². The van der Waals surface area contributed by atoms with Crippen LogP contribution in [-0.2, 0) is 0 Å². The van der Waals surface area contributed by atoms with Crippen molar-refractivity contribution in [2.24, 2.45) is 0 Å². The number of anilines is 1. The lowest BCUT2D eigenvalue weighted by Crippen LogP contribution is -2.47. The van der Waals surface area contributed by atoms with Gasteiger partial charge in [-0.3, -0.25) is 4.79 Å². The molecule has 37 heavy (non-hydrogen) atoms. The van der Waals surface area contributed by atoms with Crippen LogP contribution in [0, 0.1) is 5.82 Å². The maximum atomic E-state index is 13.5. The van der Waals surface area contributed by atoms with Crippen molar-refractivity contribution in [3.8, 4) is 11.4 Å². The Morgan fingerprint density at radius 2 is 1.95 bits per heavy atom. The van der Waals surface area contributed by atoms with Crippen LogP contribution in [0.25, 0.3) is 16.2 Å². The third-order valence-corrected chi connectivity index (χ3v) is 7.54. The molecule has 1 aromatic carbocycles. The highest BCUT2D eigenvalue weighted by molar-refractivity contribution is 7.16. The van der Waals surface area contributed by atoms with Gasteiger partial charge in [-0.15, -0.1) is 11.3 Å². The number of piperidine rings is 1. The smallest absolute Gasteiger partial charge is 0.407 e. The normalized spacial score (nSPS) is 15.1. The summed E-state index contributed by atoms with van der Waals surface area (Å²) in [6.07, 6.45) is 3.65. The Labute approximate surface area is 216 Å². The molecule has 1 aliphatic rings. The van der Waals surface area contributed by atoms with Crippen LogP contribution in [0.1, 0.15) is 41.9 Å². The molecule has 1 fully saturated rings. The van der Waals surface area contributed by atoms with E-state index in [1.165, 1.54) is 28.4 Å². The van der Waals surface area contributed by atoms with Gasteiger partial charge in [0.05, 0.1) is 11.8 Å². The average molecular weight is 524 g/mol. The molecule has 3 aromatic heterocycles. The largest absolute Gasteiger partial charge is 0.465 e. The molecule has 5 rings (SSSR count). The molecule has 0 spiro atoms. The molecule has 2 N–H and O–H groups in total. The van der Waals surface area contributed by atoms with Crippen molar-refractivity contribution in [2.45, 2.75) is 31.8 Å². The third kappa shape index (κ3) is 5.10. The summed E-state index contributed by atoms with van der Waals surface area (Å²) in [5, 5.41) is 18.8. The van der Waals surface area contributed by atoms with Crippen LogP contribution < -0.4 is 5.32 Å². The van der Waals surface area contributed by atoms with Gasteiger partial charge < -0.3 is 20.2 Å². The lowest BCUT2D eigenvalue weighted by Gasteiger charge is -2.35. The zero-order chi connectivity index (χ0) is 26.1. The van der Waals surface area contributed by atoms with Gasteiger partial charge >= 0.3 is 6.09 Å². The van der Waals surface area contributed by atoms with Crippen LogP contribution >= 0.6 is 11.3 Å². The molecule has 0 aliphatic carbocycles. The van der Waals surface area contributed by atoms with Gasteiger partial charge in [0.25, 0.3) is 5.91 Å². The van der Waals surface area contributed by atoms with Crippen LogP contribution in [0.5, 0.6) is 0 Å². The Kier molecular flexibility index (Phi) is 6.74. The summed E-state index contributed by atoms with van der Waals surface area (Å²) in [6, 6.07) is 7.49. The van der Waals surface area contributed by atoms with Crippen molar-refractivity contribution < 1.29 is 19.1 Å². The highest BCUT2D eigenvalue weighted by Gasteiger charge is 2.29. The van der Waals surface area contributed by atoms with Crippen LogP contribution in [-0.4, -0.2) is 72.7 Å². The van der Waals surface area contributed by atoms with Gasteiger partial charge in [-0.2, -0.15) is 5.10 Å². The molecular weight excluding hydrogens is 497 g/mol. The first-order valence-corrected chi connectivity index (χ1v) is 12.8. The number of rotatable bonds is 6. The highest BCUT2D eigenvalue weighted by atomic mass is 32.1. The zero-order valence-electron chi connectivity index (χ0n) is 20.3. The minimum atomic E-state index is -0.975. The highest BCUT2D eigenvalue weighted by Crippen LogP contribution is 2.28. The fourth-order valence-electron chi connectivity index (χ4n) is 4.46. The number of carbonyl (C=O) groups excluding carboxylic acids is 1. The quantitative estimate of drug-likeness (QED) is 0.385. The number of nitrogens with zero attached hydrogens (tertiary/aromatic N) is 6. The lowest BCUT2D eigenvalue weighted by molar-refractivity contribution is 0.0638. The standard InChI is InChI=1S/C25H26FN7O3S/c1-15(16-3-5-17(26)6-4-16)28-21-13-20(23(34)32-9-7-18(8-10-32)31(2)25(35)36)29-22(30-21)19-14-27-33-11-12-37-24(19)33/h3-6,11-15,18H,7-10H2,1-2H3,(H,35,36)(H,28,29,30)/t15-/m1/s1. The number of hydrogen-bond donors (Lipinski definition) is 2. The first-order chi connectivity index (χ1) is 17.8. The molecule has 192 valence electrons. The summed E-state index contributed by atoms with van der Waals surface area (Å²) < 4.78 is 15.1. The molecular formula is C25H26FN7O3S. The molecule has 1 atom stereocenters. The number of fused-ring (bicyclic) bond motifs is 1. The number of hydrogen-bond acceptors (Lipinski definition) is 7. The van der Waals surface area contributed by atoms with Crippen LogP contribution in [0.3, 0.4) is 0 Å². The summed E-state index contributed by atoms with van der Waals surface area (Å²) in [7, 11) is 1.55. The first-order valence-electron chi connectivity index (χ1n) is 11.9. The van der Waals surface area contributed by atoms with E-state index in [0.717, 1.165) is 10.4 Å². The van der Waals surface area contributed by atoms with Crippen molar-refractivity contribution in [2.75, 3.05) is 25.5 Å². The summed E-state index contributed by atoms with van der Waals surface area (Å²) in [6.45, 7) is 2.79. The number of benzene rings is 1. The van der Waals surface area contributed by atoms with Crippen LogP contribution in [0.15, 0.2) is 48.1 Å². The van der Waals surface area contributed by atoms with Gasteiger partial charge in [-0.1, -0.05) is 12.1 Å². The number of thiazole rings is 1. The van der Waals surface area contributed by atoms with E-state index in [1.807, 2.05) is 18.5 Å². The molecule has 0 saturated carbocycles. The zero-order valence-corrected chi connectivity index (χ0v) is 21.2. The van der Waals surface area contributed by atoms with Crippen molar-refractivity contribution in [3.63, 3.8) is 0 Å². The van der Waals surface area contributed by atoms with E-state index in [1.54, 1.807) is 40.9 Å². The Bertz CT molecular complexity index is 1430. The van der Waals surface area contributed by atoms with Crippen molar-refractivity contribution in [1.82, 2.24) is 29.4 Å². The number of aromatic nitrogens is 4. The summed E-state index contributed by atoms with van der Waals surface area (Å²) in [4.78, 5) is 38.0. The Morgan fingerprint density at radius 3 is 2.65 bits per heavy atom. The molecule has 4 heterocycles. The predicted octanol–water partition coefficient (Wildman–Crippen LogP) is 4.38. The molecule has 4 aromatic rings. The number of amides is 2. The molecule has 12 heteroatoms. The molecule has 2 amide bonds. The average Bonchev–Trinajstić information content (AvgIpc) is 3.52. The van der Waals surface area contributed by atoms with Gasteiger partial charge in [-0.25, -0.2) is 23.7 Å². The SMILES string of the molecule is C[C@@H](Nc1cc(C(=O)N2CCC(N(C)C(=O)O)CC2)nc(-c2cnn3ccsc23)n1)c1ccc(F)cc1. The van der Waals surface area contributed by atoms with Crippen molar-refractivity contribution in [1.29, 1.82) is 0 Å². The summed E-state index contributed by atoms with van der Waals surface area (Å²) >= 11 is 1.50. The van der Waals surface area contributed by atoms with E-state index in [0.29, 0.717) is 43.1 Å². The topological polar surface area (TPSA) is 116 Å². The molecule has 1 aliphatic heterocycles. The Hall–Kier alpha value is -4.06. The molecule has 1 saturated heterocycles. The number of carbonyl (C=O) groups is 2. The summed E-state index contributed by atoms with van der Waals surface area (Å²) in [5.41, 5.74) is 1.81. The minimum Gasteiger partial charge on any atom is -0.465 e. The monoisotopic (exact) mass is 523 g/mol. The Morgan fingerprint density at radius 1 is 1.22 bits per heavy atom. The minimum absolute atomic E-state index is 0.129. The van der Waals surface area contributed by atoms with Gasteiger partial charge in [0.2, 0.25) is 0 Å². The lowest BCUT2D eigenvalue weighted by atomic mass is 10.0. The first kappa shape index (κ1) is 24.6. The number of carboxylic acid groups (broad SMARTS) is 1. The van der Waals surface area contributed by atoms with E-state index in [-0.39, 0.29) is 29.5 Å². The van der Waals surface area contributed by atoms with Crippen LogP contribution in [0.4, 0.5) is 15.0 Å². The van der Waals surface area contributed by atoms with E-state index in [4.69, 9.17) is 0 Å². The van der Waals surface area contributed by atoms with E-state index in [2.05, 4.69) is 20.4 Å². The summed E-state index contributed by atoms with van der Waals surface area (Å²) in [5.74, 6) is 0.277. The van der Waals surface area contributed by atoms with E-state index < -0.39 is 6.09 Å². The third-order valence-electron chi connectivity index (χ3n) is 6.65. The molecule has 10 nitrogen and oxygen atoms in total. The maximum Gasteiger partial charge on any atom is 0.407 e. The van der Waals surface area contributed by atoms with Gasteiger partial charge in [0.1, 0.15) is 22.2 Å². The van der Waals surface area contributed by atoms with Crippen LogP contribution in [0.2, 0.25) is 0 Å². The fourth-order valence-corrected chi connectivity index (χ4v) is 5.25. The second-order valence-corrected chi connectivity index (χ2v) is 9.90. The van der Waals surface area contributed by atoms with Gasteiger partial charge in [0.15, 0.2) is 5.82 Å². The number of halogens is 1. The number of nitrogens with one attached hydrogen (secondary N) is 1. The van der Waals surface area contributed by atoms with Crippen molar-refractivity contribution >= 4 is 34.0 Å². The fraction of sp³-hybridized carbons (Fsp3) is 0.320. The van der Waals surface area contributed by atoms with Crippen molar-refractivity contribution in [3.05, 3.63) is 65.2 Å². The van der Waals surface area contributed by atoms with E-state index >= 15 is 0 Å². The molecule has 0 bridgehead atoms. The second kappa shape index (κ2) is 10.1. The van der Waals surface area contributed by atoms with E-state index in [9.17, 15) is 19.1 Å². The number of likely N-dealkylation sites (tertiary alicyclic amines) is 1. The Balaban J connectivity index is 1.44. The molecule has 0 unspecified atom stereocenters.